The first kappa shape index (κ1) is 32.9. The molecular formula is C41H42N2O5. The molecule has 7 nitrogen and oxygen atoms in total. The Morgan fingerprint density at radius 3 is 2.15 bits per heavy atom. The van der Waals surface area contributed by atoms with Crippen LogP contribution in [0.3, 0.4) is 0 Å². The predicted molar refractivity (Wildman–Crippen MR) is 189 cm³/mol. The minimum atomic E-state index is -0.891. The molecule has 0 saturated heterocycles. The minimum absolute atomic E-state index is 0.0917. The van der Waals surface area contributed by atoms with Crippen molar-refractivity contribution < 1.29 is 23.8 Å². The van der Waals surface area contributed by atoms with Gasteiger partial charge in [0.25, 0.3) is 0 Å². The number of rotatable bonds is 13. The molecule has 1 aliphatic carbocycles. The Balaban J connectivity index is 1.26. The Hall–Kier alpha value is -4.98. The quantitative estimate of drug-likeness (QED) is 0.134. The van der Waals surface area contributed by atoms with Gasteiger partial charge in [-0.05, 0) is 58.0 Å². The van der Waals surface area contributed by atoms with Crippen LogP contribution in [0.15, 0.2) is 115 Å². The highest BCUT2D eigenvalue weighted by molar-refractivity contribution is 5.88. The number of carbonyl (C=O) groups excluding carboxylic acids is 2. The van der Waals surface area contributed by atoms with Crippen molar-refractivity contribution in [2.75, 3.05) is 26.9 Å². The lowest BCUT2D eigenvalue weighted by Gasteiger charge is -2.31. The molecule has 7 heteroatoms. The SMILES string of the molecule is CCOC(CN(Cc1cccc2ccccc12)C(=O)[C@H](Cc1ccc(C)cc1)NC(=O)OCC1c2ccccc2-c2ccccc21)OC. The van der Waals surface area contributed by atoms with Gasteiger partial charge in [-0.3, -0.25) is 4.79 Å². The smallest absolute Gasteiger partial charge is 0.407 e. The van der Waals surface area contributed by atoms with Crippen molar-refractivity contribution in [3.63, 3.8) is 0 Å². The number of nitrogens with one attached hydrogen (secondary N) is 1. The van der Waals surface area contributed by atoms with Gasteiger partial charge < -0.3 is 24.4 Å². The maximum absolute atomic E-state index is 14.6. The molecule has 0 bridgehead atoms. The molecule has 6 rings (SSSR count). The number of amides is 2. The van der Waals surface area contributed by atoms with Crippen LogP contribution in [0.5, 0.6) is 0 Å². The standard InChI is InChI=1S/C41H42N2O5/c1-4-47-39(46-3)26-43(25-31-14-11-13-30-12-5-6-15-32(30)31)40(44)38(24-29-22-20-28(2)21-23-29)42-41(45)48-27-37-35-18-9-7-16-33(35)34-17-8-10-19-36(34)37/h5-23,37-39H,4,24-27H2,1-3H3,(H,42,45)/t38-,39?/m0/s1. The van der Waals surface area contributed by atoms with Gasteiger partial charge >= 0.3 is 6.09 Å². The molecule has 0 aliphatic heterocycles. The molecule has 246 valence electrons. The van der Waals surface area contributed by atoms with Gasteiger partial charge in [-0.2, -0.15) is 0 Å². The fourth-order valence-electron chi connectivity index (χ4n) is 6.59. The number of nitrogens with zero attached hydrogens (tertiary/aromatic N) is 1. The molecule has 2 amide bonds. The second kappa shape index (κ2) is 15.3. The molecular weight excluding hydrogens is 600 g/mol. The number of aryl methyl sites for hydroxylation is 1. The molecule has 0 heterocycles. The van der Waals surface area contributed by atoms with Gasteiger partial charge in [0.1, 0.15) is 12.6 Å². The van der Waals surface area contributed by atoms with Crippen LogP contribution in [0.4, 0.5) is 4.79 Å². The summed E-state index contributed by atoms with van der Waals surface area (Å²) in [4.78, 5) is 29.9. The number of ether oxygens (including phenoxy) is 3. The Labute approximate surface area is 282 Å². The maximum atomic E-state index is 14.6. The van der Waals surface area contributed by atoms with Crippen LogP contribution in [0.25, 0.3) is 21.9 Å². The van der Waals surface area contributed by atoms with Gasteiger partial charge in [0, 0.05) is 32.6 Å². The highest BCUT2D eigenvalue weighted by Gasteiger charge is 2.32. The van der Waals surface area contributed by atoms with E-state index in [1.54, 1.807) is 12.0 Å². The average Bonchev–Trinajstić information content (AvgIpc) is 3.44. The van der Waals surface area contributed by atoms with Gasteiger partial charge in [-0.1, -0.05) is 121 Å². The van der Waals surface area contributed by atoms with Crippen molar-refractivity contribution in [3.05, 3.63) is 143 Å². The third kappa shape index (κ3) is 7.43. The molecule has 1 aliphatic rings. The maximum Gasteiger partial charge on any atom is 0.407 e. The number of fused-ring (bicyclic) bond motifs is 4. The molecule has 5 aromatic rings. The number of methoxy groups -OCH3 is 1. The normalized spacial score (nSPS) is 13.4. The summed E-state index contributed by atoms with van der Waals surface area (Å²) in [6, 6.07) is 37.7. The molecule has 1 unspecified atom stereocenters. The molecule has 0 radical (unpaired) electrons. The molecule has 0 spiro atoms. The topological polar surface area (TPSA) is 77.1 Å². The summed E-state index contributed by atoms with van der Waals surface area (Å²) in [7, 11) is 1.57. The van der Waals surface area contributed by atoms with Crippen LogP contribution in [0, 0.1) is 6.92 Å². The predicted octanol–water partition coefficient (Wildman–Crippen LogP) is 7.64. The number of benzene rings is 5. The van der Waals surface area contributed by atoms with Gasteiger partial charge in [0.2, 0.25) is 5.91 Å². The zero-order valence-corrected chi connectivity index (χ0v) is 27.7. The zero-order chi connectivity index (χ0) is 33.5. The Morgan fingerprint density at radius 1 is 0.812 bits per heavy atom. The highest BCUT2D eigenvalue weighted by Crippen LogP contribution is 2.44. The van der Waals surface area contributed by atoms with Gasteiger partial charge in [0.15, 0.2) is 6.29 Å². The number of hydrogen-bond acceptors (Lipinski definition) is 5. The second-order valence-electron chi connectivity index (χ2n) is 12.2. The Morgan fingerprint density at radius 2 is 1.46 bits per heavy atom. The van der Waals surface area contributed by atoms with E-state index in [2.05, 4.69) is 47.8 Å². The summed E-state index contributed by atoms with van der Waals surface area (Å²) in [6.07, 6.45) is -0.981. The van der Waals surface area contributed by atoms with E-state index in [0.29, 0.717) is 19.6 Å². The third-order valence-electron chi connectivity index (χ3n) is 9.03. The zero-order valence-electron chi connectivity index (χ0n) is 27.7. The van der Waals surface area contributed by atoms with Crippen LogP contribution in [0.2, 0.25) is 0 Å². The highest BCUT2D eigenvalue weighted by atomic mass is 16.7. The molecule has 0 saturated carbocycles. The first-order valence-electron chi connectivity index (χ1n) is 16.5. The van der Waals surface area contributed by atoms with Crippen LogP contribution in [-0.4, -0.2) is 56.1 Å². The van der Waals surface area contributed by atoms with Gasteiger partial charge in [-0.25, -0.2) is 4.79 Å². The molecule has 0 fully saturated rings. The Kier molecular flexibility index (Phi) is 10.5. The van der Waals surface area contributed by atoms with E-state index in [9.17, 15) is 9.59 Å². The summed E-state index contributed by atoms with van der Waals surface area (Å²) in [5.74, 6) is -0.343. The number of carbonyl (C=O) groups is 2. The number of hydrogen-bond donors (Lipinski definition) is 1. The molecule has 48 heavy (non-hydrogen) atoms. The summed E-state index contributed by atoms with van der Waals surface area (Å²) < 4.78 is 17.3. The summed E-state index contributed by atoms with van der Waals surface area (Å²) >= 11 is 0. The van der Waals surface area contributed by atoms with Crippen LogP contribution in [0.1, 0.15) is 40.7 Å². The van der Waals surface area contributed by atoms with E-state index in [-0.39, 0.29) is 25.0 Å². The number of alkyl carbamates (subject to hydrolysis) is 1. The van der Waals surface area contributed by atoms with E-state index in [0.717, 1.165) is 49.7 Å². The third-order valence-corrected chi connectivity index (χ3v) is 9.03. The van der Waals surface area contributed by atoms with E-state index in [1.807, 2.05) is 86.6 Å². The summed E-state index contributed by atoms with van der Waals surface area (Å²) in [6.45, 7) is 4.99. The van der Waals surface area contributed by atoms with Crippen molar-refractivity contribution in [1.29, 1.82) is 0 Å². The lowest BCUT2D eigenvalue weighted by molar-refractivity contribution is -0.153. The van der Waals surface area contributed by atoms with Crippen LogP contribution in [-0.2, 0) is 32.0 Å². The monoisotopic (exact) mass is 642 g/mol. The van der Waals surface area contributed by atoms with Crippen molar-refractivity contribution in [1.82, 2.24) is 10.2 Å². The van der Waals surface area contributed by atoms with E-state index in [4.69, 9.17) is 14.2 Å². The lowest BCUT2D eigenvalue weighted by atomic mass is 9.98. The van der Waals surface area contributed by atoms with Crippen LogP contribution >= 0.6 is 0 Å². The molecule has 1 N–H and O–H groups in total. The van der Waals surface area contributed by atoms with Crippen molar-refractivity contribution in [2.24, 2.45) is 0 Å². The summed E-state index contributed by atoms with van der Waals surface area (Å²) in [5, 5.41) is 5.09. The second-order valence-corrected chi connectivity index (χ2v) is 12.2. The van der Waals surface area contributed by atoms with E-state index < -0.39 is 18.4 Å². The fourth-order valence-corrected chi connectivity index (χ4v) is 6.59. The van der Waals surface area contributed by atoms with Crippen molar-refractivity contribution in [2.45, 2.75) is 45.1 Å². The largest absolute Gasteiger partial charge is 0.449 e. The molecule has 0 aromatic heterocycles. The van der Waals surface area contributed by atoms with Crippen molar-refractivity contribution >= 4 is 22.8 Å². The first-order valence-corrected chi connectivity index (χ1v) is 16.5. The first-order chi connectivity index (χ1) is 23.4. The lowest BCUT2D eigenvalue weighted by Crippen LogP contribution is -2.51. The Bertz CT molecular complexity index is 1820. The average molecular weight is 643 g/mol. The van der Waals surface area contributed by atoms with Crippen molar-refractivity contribution in [3.8, 4) is 11.1 Å². The molecule has 2 atom stereocenters. The van der Waals surface area contributed by atoms with E-state index >= 15 is 0 Å². The minimum Gasteiger partial charge on any atom is -0.449 e. The van der Waals surface area contributed by atoms with Crippen LogP contribution < -0.4 is 5.32 Å². The van der Waals surface area contributed by atoms with Gasteiger partial charge in [-0.15, -0.1) is 0 Å². The molecule has 5 aromatic carbocycles. The van der Waals surface area contributed by atoms with Gasteiger partial charge in [0.05, 0.1) is 6.54 Å². The fraction of sp³-hybridized carbons (Fsp3) is 0.268. The summed E-state index contributed by atoms with van der Waals surface area (Å²) in [5.41, 5.74) is 7.59. The van der Waals surface area contributed by atoms with E-state index in [1.165, 1.54) is 0 Å².